The average Bonchev–Trinajstić information content (AvgIpc) is 3.16. The lowest BCUT2D eigenvalue weighted by atomic mass is 10.0. The summed E-state index contributed by atoms with van der Waals surface area (Å²) in [5.41, 5.74) is 1.14. The van der Waals surface area contributed by atoms with Crippen molar-refractivity contribution in [3.8, 4) is 5.75 Å². The molecule has 2 aliphatic rings. The van der Waals surface area contributed by atoms with E-state index in [-0.39, 0.29) is 18.5 Å². The number of nitrogens with zero attached hydrogens (tertiary/aromatic N) is 3. The molecule has 166 valence electrons. The highest BCUT2D eigenvalue weighted by Gasteiger charge is 2.26. The van der Waals surface area contributed by atoms with Gasteiger partial charge in [0, 0.05) is 45.2 Å². The van der Waals surface area contributed by atoms with Gasteiger partial charge in [-0.1, -0.05) is 32.0 Å². The number of carbonyl (C=O) groups excluding carboxylic acids is 1. The minimum Gasteiger partial charge on any atom is -0.493 e. The van der Waals surface area contributed by atoms with Crippen LogP contribution >= 0.6 is 0 Å². The van der Waals surface area contributed by atoms with Crippen molar-refractivity contribution in [2.75, 3.05) is 46.9 Å². The number of ether oxygens (including phenoxy) is 1. The van der Waals surface area contributed by atoms with E-state index in [0.717, 1.165) is 37.4 Å². The molecule has 7 heteroatoms. The van der Waals surface area contributed by atoms with Gasteiger partial charge in [-0.2, -0.15) is 0 Å². The maximum atomic E-state index is 12.1. The number of nitrogens with one attached hydrogen (secondary N) is 2. The molecule has 0 aromatic heterocycles. The Balaban J connectivity index is 1.68. The predicted molar refractivity (Wildman–Crippen MR) is 121 cm³/mol. The number of likely N-dealkylation sites (N-methyl/N-ethyl adjacent to an activating group) is 1. The standard InChI is InChI=1S/C23H37N5O2/c1-17(2)16-28-12-7-8-18(28)14-24-23(25-15-22(29)27(3)4)26-20-11-13-30-21-10-6-5-9-19(20)21/h5-6,9-10,17-18,20H,7-8,11-16H2,1-4H3,(H2,24,25,26)/t18-,20?/m1/s1. The molecule has 1 amide bonds. The third kappa shape index (κ3) is 6.11. The fourth-order valence-electron chi connectivity index (χ4n) is 4.15. The van der Waals surface area contributed by atoms with Gasteiger partial charge in [-0.15, -0.1) is 0 Å². The molecule has 0 spiro atoms. The molecule has 1 aromatic carbocycles. The number of amides is 1. The molecule has 0 radical (unpaired) electrons. The van der Waals surface area contributed by atoms with Crippen molar-refractivity contribution in [3.63, 3.8) is 0 Å². The van der Waals surface area contributed by atoms with Crippen LogP contribution in [0.2, 0.25) is 0 Å². The second-order valence-electron chi connectivity index (χ2n) is 8.89. The van der Waals surface area contributed by atoms with Crippen LogP contribution in [0, 0.1) is 5.92 Å². The molecule has 30 heavy (non-hydrogen) atoms. The first-order valence-electron chi connectivity index (χ1n) is 11.1. The minimum absolute atomic E-state index is 0.00854. The van der Waals surface area contributed by atoms with E-state index in [1.54, 1.807) is 19.0 Å². The quantitative estimate of drug-likeness (QED) is 0.528. The molecular formula is C23H37N5O2. The summed E-state index contributed by atoms with van der Waals surface area (Å²) in [6.07, 6.45) is 3.30. The SMILES string of the molecule is CC(C)CN1CCC[C@@H]1CNC(=NCC(=O)N(C)C)NC1CCOc2ccccc21. The third-order valence-electron chi connectivity index (χ3n) is 5.74. The van der Waals surface area contributed by atoms with Crippen molar-refractivity contribution < 1.29 is 9.53 Å². The first-order chi connectivity index (χ1) is 14.4. The van der Waals surface area contributed by atoms with Gasteiger partial charge in [0.05, 0.1) is 12.6 Å². The zero-order chi connectivity index (χ0) is 21.5. The molecule has 1 saturated heterocycles. The van der Waals surface area contributed by atoms with E-state index in [9.17, 15) is 4.79 Å². The van der Waals surface area contributed by atoms with Crippen molar-refractivity contribution in [1.29, 1.82) is 0 Å². The van der Waals surface area contributed by atoms with Gasteiger partial charge in [0.1, 0.15) is 12.3 Å². The molecule has 7 nitrogen and oxygen atoms in total. The molecule has 1 fully saturated rings. The number of rotatable bonds is 7. The van der Waals surface area contributed by atoms with Crippen LogP contribution in [0.3, 0.4) is 0 Å². The maximum Gasteiger partial charge on any atom is 0.243 e. The number of likely N-dealkylation sites (tertiary alicyclic amines) is 1. The Bertz CT molecular complexity index is 734. The number of aliphatic imine (C=N–C) groups is 1. The summed E-state index contributed by atoms with van der Waals surface area (Å²) in [7, 11) is 3.52. The molecule has 0 saturated carbocycles. The fraction of sp³-hybridized carbons (Fsp3) is 0.652. The van der Waals surface area contributed by atoms with Crippen molar-refractivity contribution in [1.82, 2.24) is 20.4 Å². The van der Waals surface area contributed by atoms with Crippen molar-refractivity contribution in [2.24, 2.45) is 10.9 Å². The van der Waals surface area contributed by atoms with Crippen LogP contribution in [0.25, 0.3) is 0 Å². The van der Waals surface area contributed by atoms with Crippen LogP contribution in [0.4, 0.5) is 0 Å². The highest BCUT2D eigenvalue weighted by Crippen LogP contribution is 2.31. The van der Waals surface area contributed by atoms with Gasteiger partial charge >= 0.3 is 0 Å². The maximum absolute atomic E-state index is 12.1. The van der Waals surface area contributed by atoms with Gasteiger partial charge in [-0.05, 0) is 31.4 Å². The molecule has 1 unspecified atom stereocenters. The van der Waals surface area contributed by atoms with Crippen LogP contribution in [-0.2, 0) is 4.79 Å². The van der Waals surface area contributed by atoms with E-state index in [1.807, 2.05) is 18.2 Å². The minimum atomic E-state index is -0.00854. The lowest BCUT2D eigenvalue weighted by molar-refractivity contribution is -0.127. The topological polar surface area (TPSA) is 69.2 Å². The zero-order valence-corrected chi connectivity index (χ0v) is 18.9. The largest absolute Gasteiger partial charge is 0.493 e. The summed E-state index contributed by atoms with van der Waals surface area (Å²) in [6, 6.07) is 8.75. The van der Waals surface area contributed by atoms with Crippen molar-refractivity contribution in [3.05, 3.63) is 29.8 Å². The fourth-order valence-corrected chi connectivity index (χ4v) is 4.15. The number of guanidine groups is 1. The second kappa shape index (κ2) is 10.7. The highest BCUT2D eigenvalue weighted by atomic mass is 16.5. The van der Waals surface area contributed by atoms with E-state index < -0.39 is 0 Å². The Morgan fingerprint density at radius 1 is 1.30 bits per heavy atom. The van der Waals surface area contributed by atoms with Crippen molar-refractivity contribution in [2.45, 2.75) is 45.2 Å². The van der Waals surface area contributed by atoms with E-state index >= 15 is 0 Å². The van der Waals surface area contributed by atoms with Gasteiger partial charge in [0.15, 0.2) is 5.96 Å². The summed E-state index contributed by atoms with van der Waals surface area (Å²) in [4.78, 5) is 20.9. The van der Waals surface area contributed by atoms with Gasteiger partial charge in [0.25, 0.3) is 0 Å². The van der Waals surface area contributed by atoms with Gasteiger partial charge in [0.2, 0.25) is 5.91 Å². The molecule has 3 rings (SSSR count). The second-order valence-corrected chi connectivity index (χ2v) is 8.89. The van der Waals surface area contributed by atoms with E-state index in [1.165, 1.54) is 12.8 Å². The predicted octanol–water partition coefficient (Wildman–Crippen LogP) is 2.25. The molecule has 2 heterocycles. The first kappa shape index (κ1) is 22.4. The molecule has 1 aromatic rings. The van der Waals surface area contributed by atoms with E-state index in [2.05, 4.69) is 40.4 Å². The zero-order valence-electron chi connectivity index (χ0n) is 18.9. The summed E-state index contributed by atoms with van der Waals surface area (Å²) < 4.78 is 5.79. The smallest absolute Gasteiger partial charge is 0.243 e. The third-order valence-corrected chi connectivity index (χ3v) is 5.74. The Morgan fingerprint density at radius 3 is 2.87 bits per heavy atom. The summed E-state index contributed by atoms with van der Waals surface area (Å²) in [5.74, 6) is 2.27. The van der Waals surface area contributed by atoms with Gasteiger partial charge < -0.3 is 20.3 Å². The highest BCUT2D eigenvalue weighted by molar-refractivity contribution is 5.85. The van der Waals surface area contributed by atoms with Crippen LogP contribution in [0.1, 0.15) is 44.7 Å². The summed E-state index contributed by atoms with van der Waals surface area (Å²) >= 11 is 0. The van der Waals surface area contributed by atoms with Gasteiger partial charge in [-0.3, -0.25) is 9.69 Å². The molecule has 0 aliphatic carbocycles. The number of carbonyl (C=O) groups is 1. The van der Waals surface area contributed by atoms with Crippen LogP contribution < -0.4 is 15.4 Å². The summed E-state index contributed by atoms with van der Waals surface area (Å²) in [5, 5.41) is 7.08. The molecule has 2 aliphatic heterocycles. The Labute approximate surface area is 180 Å². The molecule has 2 N–H and O–H groups in total. The average molecular weight is 416 g/mol. The monoisotopic (exact) mass is 415 g/mol. The van der Waals surface area contributed by atoms with E-state index in [4.69, 9.17) is 4.74 Å². The van der Waals surface area contributed by atoms with Gasteiger partial charge in [-0.25, -0.2) is 4.99 Å². The Morgan fingerprint density at radius 2 is 2.10 bits per heavy atom. The van der Waals surface area contributed by atoms with Crippen LogP contribution in [0.5, 0.6) is 5.75 Å². The lowest BCUT2D eigenvalue weighted by Gasteiger charge is -2.30. The number of hydrogen-bond acceptors (Lipinski definition) is 4. The van der Waals surface area contributed by atoms with Crippen molar-refractivity contribution >= 4 is 11.9 Å². The summed E-state index contributed by atoms with van der Waals surface area (Å²) in [6.45, 7) is 8.46. The lowest BCUT2D eigenvalue weighted by Crippen LogP contribution is -2.47. The Kier molecular flexibility index (Phi) is 7.96. The molecule has 0 bridgehead atoms. The molecule has 2 atom stereocenters. The number of benzene rings is 1. The van der Waals surface area contributed by atoms with Crippen LogP contribution in [0.15, 0.2) is 29.3 Å². The number of hydrogen-bond donors (Lipinski definition) is 2. The van der Waals surface area contributed by atoms with E-state index in [0.29, 0.717) is 24.5 Å². The number of para-hydroxylation sites is 1. The Hall–Kier alpha value is -2.28. The molecular weight excluding hydrogens is 378 g/mol. The first-order valence-corrected chi connectivity index (χ1v) is 11.1. The normalized spacial score (nSPS) is 21.8. The number of fused-ring (bicyclic) bond motifs is 1. The van der Waals surface area contributed by atoms with Crippen LogP contribution in [-0.4, -0.2) is 74.6 Å².